The summed E-state index contributed by atoms with van der Waals surface area (Å²) in [6.07, 6.45) is -2.11. The van der Waals surface area contributed by atoms with E-state index in [2.05, 4.69) is 11.3 Å². The highest BCUT2D eigenvalue weighted by Gasteiger charge is 2.63. The van der Waals surface area contributed by atoms with Gasteiger partial charge in [-0.1, -0.05) is 10.7 Å². The van der Waals surface area contributed by atoms with Crippen LogP contribution in [-0.4, -0.2) is 65.8 Å². The molecule has 0 spiro atoms. The Kier molecular flexibility index (Phi) is 9.23. The summed E-state index contributed by atoms with van der Waals surface area (Å²) >= 11 is 0. The number of sulfone groups is 1. The van der Waals surface area contributed by atoms with Gasteiger partial charge >= 0.3 is 42.1 Å². The first-order chi connectivity index (χ1) is 15.2. The lowest BCUT2D eigenvalue weighted by Gasteiger charge is -2.29. The number of nitrogens with one attached hydrogen (secondary N) is 1. The van der Waals surface area contributed by atoms with Crippen molar-refractivity contribution in [3.8, 4) is 0 Å². The van der Waals surface area contributed by atoms with Crippen molar-refractivity contribution < 1.29 is 66.3 Å². The van der Waals surface area contributed by atoms with Gasteiger partial charge in [0.1, 0.15) is 13.2 Å². The number of hydrogen-bond donors (Lipinski definition) is 1. The molecule has 11 nitrogen and oxygen atoms in total. The number of carbonyl (C=O) groups is 2. The van der Waals surface area contributed by atoms with Gasteiger partial charge in [-0.2, -0.15) is 22.0 Å². The summed E-state index contributed by atoms with van der Waals surface area (Å²) in [7, 11) is -19.8. The van der Waals surface area contributed by atoms with E-state index in [1.165, 1.54) is 6.92 Å². The minimum Gasteiger partial charge on any atom is -0.462 e. The molecule has 1 aliphatic carbocycles. The average molecular weight is 566 g/mol. The maximum atomic E-state index is 14.3. The SMILES string of the molecule is C=C(C)C(=O)OCCOC(=O)C1CCC(S(=O)(=O)C(F)(F)S(=O)(=O)NS(=O)(=O)C(F)(F)F)CC1. The predicted molar refractivity (Wildman–Crippen MR) is 103 cm³/mol. The largest absolute Gasteiger partial charge is 0.512 e. The van der Waals surface area contributed by atoms with Crippen LogP contribution in [0.2, 0.25) is 0 Å². The molecule has 0 saturated heterocycles. The van der Waals surface area contributed by atoms with Gasteiger partial charge in [-0.15, -0.1) is 0 Å². The molecular formula is C15H20F5NO10S3. The molecule has 1 rings (SSSR count). The zero-order valence-electron chi connectivity index (χ0n) is 17.3. The van der Waals surface area contributed by atoms with Crippen molar-refractivity contribution in [1.82, 2.24) is 4.13 Å². The molecule has 0 radical (unpaired) electrons. The summed E-state index contributed by atoms with van der Waals surface area (Å²) in [5.41, 5.74) is -6.21. The van der Waals surface area contributed by atoms with Gasteiger partial charge in [-0.3, -0.25) is 4.79 Å². The summed E-state index contributed by atoms with van der Waals surface area (Å²) in [5.74, 6) is -2.59. The van der Waals surface area contributed by atoms with Crippen LogP contribution in [0.4, 0.5) is 22.0 Å². The van der Waals surface area contributed by atoms with Crippen molar-refractivity contribution in [3.63, 3.8) is 0 Å². The van der Waals surface area contributed by atoms with E-state index in [0.717, 1.165) is 0 Å². The van der Waals surface area contributed by atoms with E-state index in [0.29, 0.717) is 0 Å². The van der Waals surface area contributed by atoms with Crippen LogP contribution in [0.15, 0.2) is 12.2 Å². The second-order valence-corrected chi connectivity index (χ2v) is 13.3. The Balaban J connectivity index is 2.81. The third-order valence-electron chi connectivity index (χ3n) is 4.52. The number of ether oxygens (including phenoxy) is 2. The van der Waals surface area contributed by atoms with E-state index < -0.39 is 75.9 Å². The number of carbonyl (C=O) groups excluding carboxylic acids is 2. The summed E-state index contributed by atoms with van der Waals surface area (Å²) in [5, 5.41) is -2.10. The van der Waals surface area contributed by atoms with E-state index in [-0.39, 0.29) is 35.8 Å². The molecule has 0 heterocycles. The lowest BCUT2D eigenvalue weighted by atomic mass is 9.89. The van der Waals surface area contributed by atoms with Crippen molar-refractivity contribution >= 4 is 41.8 Å². The molecular weight excluding hydrogens is 545 g/mol. The van der Waals surface area contributed by atoms with Crippen LogP contribution in [0.25, 0.3) is 0 Å². The Bertz CT molecular complexity index is 1120. The highest BCUT2D eigenvalue weighted by atomic mass is 32.3. The van der Waals surface area contributed by atoms with Gasteiger partial charge < -0.3 is 9.47 Å². The zero-order valence-corrected chi connectivity index (χ0v) is 19.8. The summed E-state index contributed by atoms with van der Waals surface area (Å²) in [6, 6.07) is 0. The number of rotatable bonds is 10. The fourth-order valence-electron chi connectivity index (χ4n) is 2.71. The topological polar surface area (TPSA) is 167 Å². The van der Waals surface area contributed by atoms with Crippen LogP contribution in [0, 0.1) is 5.92 Å². The number of hydrogen-bond acceptors (Lipinski definition) is 10. The lowest BCUT2D eigenvalue weighted by Crippen LogP contribution is -2.53. The quantitative estimate of drug-likeness (QED) is 0.174. The number of sulfonamides is 2. The van der Waals surface area contributed by atoms with Gasteiger partial charge in [0.25, 0.3) is 0 Å². The Morgan fingerprint density at radius 1 is 0.882 bits per heavy atom. The Labute approximate surface area is 191 Å². The highest BCUT2D eigenvalue weighted by molar-refractivity contribution is 8.14. The van der Waals surface area contributed by atoms with Crippen molar-refractivity contribution in [2.45, 2.75) is 48.0 Å². The fraction of sp³-hybridized carbons (Fsp3) is 0.733. The first-order valence-corrected chi connectivity index (χ1v) is 13.6. The maximum absolute atomic E-state index is 14.3. The van der Waals surface area contributed by atoms with Gasteiger partial charge in [-0.05, 0) is 32.6 Å². The van der Waals surface area contributed by atoms with Crippen molar-refractivity contribution in [2.75, 3.05) is 13.2 Å². The third kappa shape index (κ3) is 6.63. The predicted octanol–water partition coefficient (Wildman–Crippen LogP) is 0.942. The van der Waals surface area contributed by atoms with E-state index in [1.807, 2.05) is 0 Å². The van der Waals surface area contributed by atoms with Gasteiger partial charge in [0.05, 0.1) is 11.2 Å². The van der Waals surface area contributed by atoms with Gasteiger partial charge in [0, 0.05) is 5.57 Å². The molecule has 0 unspecified atom stereocenters. The number of alkyl halides is 5. The molecule has 1 fully saturated rings. The van der Waals surface area contributed by atoms with Crippen molar-refractivity contribution in [2.24, 2.45) is 5.92 Å². The molecule has 1 saturated carbocycles. The highest BCUT2D eigenvalue weighted by Crippen LogP contribution is 2.39. The molecule has 0 atom stereocenters. The molecule has 0 aromatic carbocycles. The second-order valence-electron chi connectivity index (χ2n) is 7.10. The van der Waals surface area contributed by atoms with Crippen LogP contribution in [-0.2, 0) is 48.9 Å². The Morgan fingerprint density at radius 2 is 1.35 bits per heavy atom. The maximum Gasteiger partial charge on any atom is 0.512 e. The van der Waals surface area contributed by atoms with Crippen LogP contribution in [0.1, 0.15) is 32.6 Å². The molecule has 0 aromatic heterocycles. The lowest BCUT2D eigenvalue weighted by molar-refractivity contribution is -0.154. The molecule has 19 heteroatoms. The smallest absolute Gasteiger partial charge is 0.462 e. The monoisotopic (exact) mass is 565 g/mol. The summed E-state index contributed by atoms with van der Waals surface area (Å²) in [4.78, 5) is 23.2. The molecule has 0 aromatic rings. The van der Waals surface area contributed by atoms with Crippen LogP contribution in [0.5, 0.6) is 0 Å². The fourth-order valence-corrected chi connectivity index (χ4v) is 7.85. The van der Waals surface area contributed by atoms with Crippen molar-refractivity contribution in [3.05, 3.63) is 12.2 Å². The van der Waals surface area contributed by atoms with E-state index in [9.17, 15) is 56.8 Å². The molecule has 1 aliphatic rings. The number of esters is 2. The molecule has 0 bridgehead atoms. The summed E-state index contributed by atoms with van der Waals surface area (Å²) < 4.78 is 138. The van der Waals surface area contributed by atoms with E-state index >= 15 is 0 Å². The van der Waals surface area contributed by atoms with Crippen LogP contribution in [0.3, 0.4) is 0 Å². The Morgan fingerprint density at radius 3 is 1.79 bits per heavy atom. The average Bonchev–Trinajstić information content (AvgIpc) is 2.68. The van der Waals surface area contributed by atoms with Gasteiger partial charge in [0.15, 0.2) is 0 Å². The first-order valence-electron chi connectivity index (χ1n) is 9.12. The third-order valence-corrected chi connectivity index (χ3v) is 10.9. The molecule has 0 amide bonds. The second kappa shape index (κ2) is 10.4. The molecule has 34 heavy (non-hydrogen) atoms. The standard InChI is InChI=1S/C15H20F5NO10S3/c1-9(2)12(22)30-7-8-31-13(23)10-3-5-11(6-4-10)32(24,25)15(19,20)34(28,29)21-33(26,27)14(16,17)18/h10-11,21H,1,3-8H2,2H3. The molecule has 1 N–H and O–H groups in total. The molecule has 198 valence electrons. The van der Waals surface area contributed by atoms with Gasteiger partial charge in [0.2, 0.25) is 9.84 Å². The zero-order chi connectivity index (χ0) is 26.8. The van der Waals surface area contributed by atoms with Crippen molar-refractivity contribution in [1.29, 1.82) is 0 Å². The summed E-state index contributed by atoms with van der Waals surface area (Å²) in [6.45, 7) is 4.01. The van der Waals surface area contributed by atoms with E-state index in [1.54, 1.807) is 0 Å². The van der Waals surface area contributed by atoms with Crippen LogP contribution < -0.4 is 4.13 Å². The normalized spacial score (nSPS) is 20.4. The minimum absolute atomic E-state index is 0.0934. The number of halogens is 5. The van der Waals surface area contributed by atoms with Crippen LogP contribution >= 0.6 is 0 Å². The minimum atomic E-state index is -6.88. The Hall–Kier alpha value is -1.86. The molecule has 0 aliphatic heterocycles. The first kappa shape index (κ1) is 30.2. The van der Waals surface area contributed by atoms with Gasteiger partial charge in [-0.25, -0.2) is 30.0 Å². The van der Waals surface area contributed by atoms with E-state index in [4.69, 9.17) is 4.74 Å².